The van der Waals surface area contributed by atoms with Crippen LogP contribution in [0.2, 0.25) is 0 Å². The molecule has 0 aliphatic carbocycles. The predicted octanol–water partition coefficient (Wildman–Crippen LogP) is 3.84. The van der Waals surface area contributed by atoms with E-state index < -0.39 is 0 Å². The van der Waals surface area contributed by atoms with E-state index in [2.05, 4.69) is 23.7 Å². The van der Waals surface area contributed by atoms with Crippen LogP contribution in [0.3, 0.4) is 0 Å². The predicted molar refractivity (Wildman–Crippen MR) is 123 cm³/mol. The number of pyridine rings is 1. The number of ether oxygens (including phenoxy) is 2. The third kappa shape index (κ3) is 3.83. The number of halogens is 1. The Morgan fingerprint density at radius 1 is 1.24 bits per heavy atom. The average Bonchev–Trinajstić information content (AvgIpc) is 2.81. The number of methoxy groups -OCH3 is 1. The summed E-state index contributed by atoms with van der Waals surface area (Å²) in [6, 6.07) is 8.29. The van der Waals surface area contributed by atoms with Crippen molar-refractivity contribution in [2.24, 2.45) is 0 Å². The highest BCUT2D eigenvalue weighted by molar-refractivity contribution is 5.60. The Hall–Kier alpha value is -3.42. The molecule has 0 amide bonds. The van der Waals surface area contributed by atoms with Crippen LogP contribution in [0.4, 0.5) is 10.3 Å². The lowest BCUT2D eigenvalue weighted by molar-refractivity contribution is 0.157. The molecule has 1 atom stereocenters. The standard InChI is InChI=1S/C25H27FN4O3/c1-25(2)10-13-29-22(31)14-20(16-8-11-27-12-9-16)28-24(29)30(25)15-17-4-5-18-19(26)6-7-21(32-3)23(18)33-17/h6-9,11-12,14,17H,4-5,10,13,15H2,1-3H3. The summed E-state index contributed by atoms with van der Waals surface area (Å²) < 4.78 is 27.8. The van der Waals surface area contributed by atoms with Crippen molar-refractivity contribution >= 4 is 5.95 Å². The Bertz CT molecular complexity index is 1240. The molecule has 33 heavy (non-hydrogen) atoms. The van der Waals surface area contributed by atoms with Crippen LogP contribution < -0.4 is 19.9 Å². The molecule has 2 aliphatic rings. The highest BCUT2D eigenvalue weighted by atomic mass is 19.1. The van der Waals surface area contributed by atoms with Crippen LogP contribution in [0.5, 0.6) is 11.5 Å². The molecule has 4 heterocycles. The van der Waals surface area contributed by atoms with Crippen LogP contribution in [0.25, 0.3) is 11.3 Å². The molecule has 0 fully saturated rings. The van der Waals surface area contributed by atoms with E-state index in [1.54, 1.807) is 36.2 Å². The second-order valence-electron chi connectivity index (χ2n) is 9.18. The van der Waals surface area contributed by atoms with Gasteiger partial charge in [0.05, 0.1) is 19.3 Å². The minimum absolute atomic E-state index is 0.0778. The second kappa shape index (κ2) is 8.17. The molecule has 2 aromatic heterocycles. The lowest BCUT2D eigenvalue weighted by Gasteiger charge is -2.46. The molecule has 0 radical (unpaired) electrons. The fourth-order valence-corrected chi connectivity index (χ4v) is 4.67. The fourth-order valence-electron chi connectivity index (χ4n) is 4.67. The molecule has 0 N–H and O–H groups in total. The molecule has 172 valence electrons. The van der Waals surface area contributed by atoms with Gasteiger partial charge in [-0.3, -0.25) is 14.3 Å². The molecule has 1 aromatic carbocycles. The largest absolute Gasteiger partial charge is 0.493 e. The minimum atomic E-state index is -0.275. The fraction of sp³-hybridized carbons (Fsp3) is 0.400. The van der Waals surface area contributed by atoms with Crippen LogP contribution in [0.15, 0.2) is 47.5 Å². The maximum atomic E-state index is 14.3. The van der Waals surface area contributed by atoms with Gasteiger partial charge in [0.15, 0.2) is 11.5 Å². The number of fused-ring (bicyclic) bond motifs is 2. The summed E-state index contributed by atoms with van der Waals surface area (Å²) in [6.45, 7) is 5.44. The molecule has 8 heteroatoms. The van der Waals surface area contributed by atoms with Gasteiger partial charge >= 0.3 is 0 Å². The first-order chi connectivity index (χ1) is 15.9. The van der Waals surface area contributed by atoms with Crippen molar-refractivity contribution in [1.82, 2.24) is 14.5 Å². The first-order valence-electron chi connectivity index (χ1n) is 11.2. The zero-order valence-corrected chi connectivity index (χ0v) is 19.0. The quantitative estimate of drug-likeness (QED) is 0.602. The molecular weight excluding hydrogens is 423 g/mol. The maximum Gasteiger partial charge on any atom is 0.255 e. The van der Waals surface area contributed by atoms with Gasteiger partial charge in [-0.05, 0) is 57.4 Å². The summed E-state index contributed by atoms with van der Waals surface area (Å²) in [5.74, 6) is 1.36. The molecule has 0 saturated heterocycles. The normalized spacial score (nSPS) is 18.8. The van der Waals surface area contributed by atoms with Gasteiger partial charge in [-0.2, -0.15) is 0 Å². The van der Waals surface area contributed by atoms with Crippen LogP contribution in [0.1, 0.15) is 32.3 Å². The number of benzene rings is 1. The molecule has 5 rings (SSSR count). The molecule has 1 unspecified atom stereocenters. The minimum Gasteiger partial charge on any atom is -0.493 e. The molecule has 0 saturated carbocycles. The van der Waals surface area contributed by atoms with Crippen molar-refractivity contribution in [1.29, 1.82) is 0 Å². The Labute approximate surface area is 191 Å². The lowest BCUT2D eigenvalue weighted by Crippen LogP contribution is -2.55. The molecule has 0 bridgehead atoms. The first-order valence-corrected chi connectivity index (χ1v) is 11.2. The number of aromatic nitrogens is 3. The summed E-state index contributed by atoms with van der Waals surface area (Å²) in [7, 11) is 1.56. The van der Waals surface area contributed by atoms with Crippen LogP contribution >= 0.6 is 0 Å². The number of hydrogen-bond acceptors (Lipinski definition) is 6. The topological polar surface area (TPSA) is 69.5 Å². The van der Waals surface area contributed by atoms with Gasteiger partial charge in [-0.25, -0.2) is 9.37 Å². The second-order valence-corrected chi connectivity index (χ2v) is 9.18. The van der Waals surface area contributed by atoms with Gasteiger partial charge in [-0.1, -0.05) is 0 Å². The van der Waals surface area contributed by atoms with E-state index in [1.807, 2.05) is 12.1 Å². The molecule has 7 nitrogen and oxygen atoms in total. The van der Waals surface area contributed by atoms with E-state index in [0.29, 0.717) is 54.6 Å². The maximum absolute atomic E-state index is 14.3. The van der Waals surface area contributed by atoms with Crippen molar-refractivity contribution in [3.63, 3.8) is 0 Å². The Kier molecular flexibility index (Phi) is 5.31. The van der Waals surface area contributed by atoms with Gasteiger partial charge in [0.2, 0.25) is 5.95 Å². The summed E-state index contributed by atoms with van der Waals surface area (Å²) in [5.41, 5.74) is 1.71. The van der Waals surface area contributed by atoms with E-state index in [1.165, 1.54) is 6.07 Å². The van der Waals surface area contributed by atoms with Crippen LogP contribution in [-0.4, -0.2) is 39.8 Å². The lowest BCUT2D eigenvalue weighted by atomic mass is 9.94. The highest BCUT2D eigenvalue weighted by Crippen LogP contribution is 2.39. The number of anilines is 1. The Balaban J connectivity index is 1.51. The summed E-state index contributed by atoms with van der Waals surface area (Å²) in [6.07, 6.45) is 5.22. The number of nitrogens with zero attached hydrogens (tertiary/aromatic N) is 4. The van der Waals surface area contributed by atoms with Crippen molar-refractivity contribution in [3.8, 4) is 22.8 Å². The van der Waals surface area contributed by atoms with Gasteiger partial charge in [0.1, 0.15) is 11.9 Å². The van der Waals surface area contributed by atoms with Gasteiger partial charge in [-0.15, -0.1) is 0 Å². The average molecular weight is 451 g/mol. The molecule has 3 aromatic rings. The van der Waals surface area contributed by atoms with Gasteiger partial charge in [0, 0.05) is 41.7 Å². The third-order valence-electron chi connectivity index (χ3n) is 6.66. The Morgan fingerprint density at radius 3 is 2.79 bits per heavy atom. The van der Waals surface area contributed by atoms with Crippen molar-refractivity contribution in [2.45, 2.75) is 51.3 Å². The zero-order valence-electron chi connectivity index (χ0n) is 19.0. The molecular formula is C25H27FN4O3. The van der Waals surface area contributed by atoms with E-state index in [0.717, 1.165) is 12.0 Å². The molecule has 2 aliphatic heterocycles. The summed E-state index contributed by atoms with van der Waals surface area (Å²) in [4.78, 5) is 24.1. The SMILES string of the molecule is COc1ccc(F)c2c1OC(CN1c3nc(-c4ccncc4)cc(=O)n3CCC1(C)C)CC2. The van der Waals surface area contributed by atoms with Crippen LogP contribution in [0, 0.1) is 5.82 Å². The van der Waals surface area contributed by atoms with Crippen molar-refractivity contribution in [3.05, 3.63) is 64.5 Å². The number of hydrogen-bond donors (Lipinski definition) is 0. The smallest absolute Gasteiger partial charge is 0.255 e. The zero-order chi connectivity index (χ0) is 23.2. The van der Waals surface area contributed by atoms with E-state index >= 15 is 0 Å². The summed E-state index contributed by atoms with van der Waals surface area (Å²) >= 11 is 0. The van der Waals surface area contributed by atoms with Gasteiger partial charge < -0.3 is 14.4 Å². The Morgan fingerprint density at radius 2 is 2.03 bits per heavy atom. The van der Waals surface area contributed by atoms with E-state index in [-0.39, 0.29) is 23.0 Å². The van der Waals surface area contributed by atoms with Crippen LogP contribution in [-0.2, 0) is 13.0 Å². The third-order valence-corrected chi connectivity index (χ3v) is 6.66. The van der Waals surface area contributed by atoms with E-state index in [4.69, 9.17) is 14.5 Å². The van der Waals surface area contributed by atoms with Gasteiger partial charge in [0.25, 0.3) is 5.56 Å². The van der Waals surface area contributed by atoms with Crippen molar-refractivity contribution in [2.75, 3.05) is 18.6 Å². The number of rotatable bonds is 4. The van der Waals surface area contributed by atoms with E-state index in [9.17, 15) is 9.18 Å². The monoisotopic (exact) mass is 450 g/mol. The first kappa shape index (κ1) is 21.4. The highest BCUT2D eigenvalue weighted by Gasteiger charge is 2.38. The van der Waals surface area contributed by atoms with Crippen molar-refractivity contribution < 1.29 is 13.9 Å². The molecule has 0 spiro atoms. The summed E-state index contributed by atoms with van der Waals surface area (Å²) in [5, 5.41) is 0.